The predicted octanol–water partition coefficient (Wildman–Crippen LogP) is 5.76. The molecule has 2 rings (SSSR count). The van der Waals surface area contributed by atoms with Gasteiger partial charge in [-0.1, -0.05) is 61.2 Å². The number of hydrogen-bond acceptors (Lipinski definition) is 2. The van der Waals surface area contributed by atoms with E-state index in [1.807, 2.05) is 0 Å². The van der Waals surface area contributed by atoms with Crippen LogP contribution in [0.3, 0.4) is 0 Å². The van der Waals surface area contributed by atoms with E-state index in [0.717, 1.165) is 12.1 Å². The minimum atomic E-state index is -4.66. The first kappa shape index (κ1) is 20.2. The first-order valence-electron chi connectivity index (χ1n) is 7.82. The van der Waals surface area contributed by atoms with Gasteiger partial charge in [0, 0.05) is 0 Å². The fraction of sp³-hybridized carbons (Fsp3) is 0.0952. The number of rotatable bonds is 5. The second kappa shape index (κ2) is 8.49. The summed E-state index contributed by atoms with van der Waals surface area (Å²) >= 11 is 0. The van der Waals surface area contributed by atoms with E-state index in [2.05, 4.69) is 11.3 Å². The van der Waals surface area contributed by atoms with Crippen molar-refractivity contribution in [2.24, 2.45) is 0 Å². The van der Waals surface area contributed by atoms with Gasteiger partial charge < -0.3 is 4.74 Å². The van der Waals surface area contributed by atoms with E-state index in [-0.39, 0.29) is 11.1 Å². The van der Waals surface area contributed by atoms with Gasteiger partial charge in [-0.3, -0.25) is 0 Å². The van der Waals surface area contributed by atoms with Gasteiger partial charge in [0.25, 0.3) is 0 Å². The van der Waals surface area contributed by atoms with Crippen LogP contribution in [0.1, 0.15) is 22.3 Å². The minimum Gasteiger partial charge on any atom is -0.465 e. The Labute approximate surface area is 154 Å². The summed E-state index contributed by atoms with van der Waals surface area (Å²) in [7, 11) is 1.25. The zero-order valence-corrected chi connectivity index (χ0v) is 14.4. The lowest BCUT2D eigenvalue weighted by Gasteiger charge is -2.10. The molecule has 0 saturated heterocycles. The summed E-state index contributed by atoms with van der Waals surface area (Å²) in [5.74, 6) is -1.53. The van der Waals surface area contributed by atoms with E-state index < -0.39 is 23.5 Å². The van der Waals surface area contributed by atoms with Crippen LogP contribution in [0, 0.1) is 5.82 Å². The fourth-order valence-corrected chi connectivity index (χ4v) is 2.39. The van der Waals surface area contributed by atoms with Crippen LogP contribution < -0.4 is 0 Å². The molecule has 0 saturated carbocycles. The molecule has 0 aliphatic carbocycles. The summed E-state index contributed by atoms with van der Waals surface area (Å²) in [6.45, 7) is 3.69. The molecule has 0 spiro atoms. The Balaban J connectivity index is 2.27. The SMILES string of the molecule is C=C(C(=O)OC)c1ccccc1/C=C/C=C/c1ccc(F)cc1C(F)(F)F. The molecular formula is C21H16F4O2. The second-order valence-corrected chi connectivity index (χ2v) is 5.50. The van der Waals surface area contributed by atoms with Crippen LogP contribution in [-0.4, -0.2) is 13.1 Å². The molecule has 0 fully saturated rings. The van der Waals surface area contributed by atoms with Crippen molar-refractivity contribution in [2.75, 3.05) is 7.11 Å². The largest absolute Gasteiger partial charge is 0.465 e. The Hall–Kier alpha value is -3.15. The van der Waals surface area contributed by atoms with Crippen molar-refractivity contribution in [2.45, 2.75) is 6.18 Å². The van der Waals surface area contributed by atoms with Crippen LogP contribution in [0.4, 0.5) is 17.6 Å². The third-order valence-corrected chi connectivity index (χ3v) is 3.70. The van der Waals surface area contributed by atoms with Crippen molar-refractivity contribution < 1.29 is 27.1 Å². The highest BCUT2D eigenvalue weighted by Gasteiger charge is 2.33. The lowest BCUT2D eigenvalue weighted by atomic mass is 10.0. The highest BCUT2D eigenvalue weighted by Crippen LogP contribution is 2.33. The number of halogens is 4. The van der Waals surface area contributed by atoms with Gasteiger partial charge in [0.15, 0.2) is 0 Å². The fourth-order valence-electron chi connectivity index (χ4n) is 2.39. The lowest BCUT2D eigenvalue weighted by molar-refractivity contribution is -0.138. The van der Waals surface area contributed by atoms with Gasteiger partial charge in [0.05, 0.1) is 18.2 Å². The summed E-state index contributed by atoms with van der Waals surface area (Å²) in [5, 5.41) is 0. The maximum atomic E-state index is 13.1. The lowest BCUT2D eigenvalue weighted by Crippen LogP contribution is -2.07. The normalized spacial score (nSPS) is 11.9. The summed E-state index contributed by atoms with van der Waals surface area (Å²) < 4.78 is 56.7. The van der Waals surface area contributed by atoms with Crippen LogP contribution >= 0.6 is 0 Å². The summed E-state index contributed by atoms with van der Waals surface area (Å²) in [5.41, 5.74) is 0.159. The van der Waals surface area contributed by atoms with Gasteiger partial charge in [-0.2, -0.15) is 13.2 Å². The van der Waals surface area contributed by atoms with Crippen molar-refractivity contribution in [3.05, 3.63) is 89.3 Å². The number of carbonyl (C=O) groups is 1. The molecule has 0 aliphatic heterocycles. The topological polar surface area (TPSA) is 26.3 Å². The molecular weight excluding hydrogens is 360 g/mol. The zero-order valence-electron chi connectivity index (χ0n) is 14.4. The monoisotopic (exact) mass is 376 g/mol. The molecule has 0 N–H and O–H groups in total. The average molecular weight is 376 g/mol. The first-order chi connectivity index (χ1) is 12.7. The van der Waals surface area contributed by atoms with Crippen LogP contribution in [-0.2, 0) is 15.7 Å². The van der Waals surface area contributed by atoms with Crippen molar-refractivity contribution >= 4 is 23.7 Å². The standard InChI is InChI=1S/C21H16F4O2/c1-14(20(26)27-2)18-10-6-5-8-15(18)7-3-4-9-16-11-12-17(22)13-19(16)21(23,24)25/h3-13H,1H2,2H3/b7-3+,9-4+. The van der Waals surface area contributed by atoms with Crippen LogP contribution in [0.2, 0.25) is 0 Å². The van der Waals surface area contributed by atoms with E-state index in [9.17, 15) is 22.4 Å². The van der Waals surface area contributed by atoms with E-state index in [4.69, 9.17) is 0 Å². The van der Waals surface area contributed by atoms with Crippen molar-refractivity contribution in [3.8, 4) is 0 Å². The molecule has 0 aliphatic rings. The number of allylic oxidation sites excluding steroid dienone is 2. The second-order valence-electron chi connectivity index (χ2n) is 5.50. The highest BCUT2D eigenvalue weighted by atomic mass is 19.4. The summed E-state index contributed by atoms with van der Waals surface area (Å²) in [6, 6.07) is 9.38. The third kappa shape index (κ3) is 5.17. The Morgan fingerprint density at radius 3 is 2.30 bits per heavy atom. The van der Waals surface area contributed by atoms with Crippen LogP contribution in [0.15, 0.2) is 61.2 Å². The molecule has 0 aromatic heterocycles. The molecule has 2 aromatic carbocycles. The number of carbonyl (C=O) groups excluding carboxylic acids is 1. The molecule has 0 unspecified atom stereocenters. The Morgan fingerprint density at radius 1 is 1.04 bits per heavy atom. The smallest absolute Gasteiger partial charge is 0.417 e. The van der Waals surface area contributed by atoms with Gasteiger partial charge in [0.1, 0.15) is 5.82 Å². The van der Waals surface area contributed by atoms with Gasteiger partial charge in [-0.15, -0.1) is 0 Å². The molecule has 140 valence electrons. The first-order valence-corrected chi connectivity index (χ1v) is 7.82. The van der Waals surface area contributed by atoms with E-state index in [1.54, 1.807) is 30.3 Å². The minimum absolute atomic E-state index is 0.152. The molecule has 0 amide bonds. The molecule has 0 radical (unpaired) electrons. The summed E-state index contributed by atoms with van der Waals surface area (Å²) in [4.78, 5) is 11.6. The van der Waals surface area contributed by atoms with Gasteiger partial charge in [0.2, 0.25) is 0 Å². The zero-order chi connectivity index (χ0) is 20.0. The molecule has 2 aromatic rings. The van der Waals surface area contributed by atoms with Gasteiger partial charge >= 0.3 is 12.1 Å². The number of methoxy groups -OCH3 is 1. The maximum Gasteiger partial charge on any atom is 0.417 e. The van der Waals surface area contributed by atoms with Gasteiger partial charge in [-0.25, -0.2) is 9.18 Å². The maximum absolute atomic E-state index is 13.1. The van der Waals surface area contributed by atoms with Gasteiger partial charge in [-0.05, 0) is 28.8 Å². The Morgan fingerprint density at radius 2 is 1.67 bits per heavy atom. The van der Waals surface area contributed by atoms with Crippen molar-refractivity contribution in [3.63, 3.8) is 0 Å². The molecule has 6 heteroatoms. The molecule has 27 heavy (non-hydrogen) atoms. The summed E-state index contributed by atoms with van der Waals surface area (Å²) in [6.07, 6.45) is 1.12. The number of hydrogen-bond donors (Lipinski definition) is 0. The van der Waals surface area contributed by atoms with E-state index in [1.165, 1.54) is 25.3 Å². The molecule has 2 nitrogen and oxygen atoms in total. The Kier molecular flexibility index (Phi) is 6.34. The molecule has 0 atom stereocenters. The van der Waals surface area contributed by atoms with E-state index in [0.29, 0.717) is 17.2 Å². The predicted molar refractivity (Wildman–Crippen MR) is 97.0 cm³/mol. The third-order valence-electron chi connectivity index (χ3n) is 3.70. The highest BCUT2D eigenvalue weighted by molar-refractivity contribution is 6.16. The average Bonchev–Trinajstić information content (AvgIpc) is 2.64. The quantitative estimate of drug-likeness (QED) is 0.287. The number of alkyl halides is 3. The van der Waals surface area contributed by atoms with Crippen LogP contribution in [0.25, 0.3) is 17.7 Å². The van der Waals surface area contributed by atoms with Crippen molar-refractivity contribution in [1.29, 1.82) is 0 Å². The van der Waals surface area contributed by atoms with Crippen molar-refractivity contribution in [1.82, 2.24) is 0 Å². The number of ether oxygens (including phenoxy) is 1. The molecule has 0 heterocycles. The number of esters is 1. The van der Waals surface area contributed by atoms with E-state index >= 15 is 0 Å². The molecule has 0 bridgehead atoms. The Bertz CT molecular complexity index is 909. The van der Waals surface area contributed by atoms with Crippen LogP contribution in [0.5, 0.6) is 0 Å². The number of benzene rings is 2.